The van der Waals surface area contributed by atoms with E-state index >= 15 is 0 Å². The van der Waals surface area contributed by atoms with E-state index in [4.69, 9.17) is 9.47 Å². The Morgan fingerprint density at radius 2 is 2.07 bits per heavy atom. The minimum absolute atomic E-state index is 0. The third-order valence-corrected chi connectivity index (χ3v) is 4.57. The maximum atomic E-state index is 12.3. The average Bonchev–Trinajstić information content (AvgIpc) is 3.22. The van der Waals surface area contributed by atoms with Gasteiger partial charge in [-0.3, -0.25) is 9.78 Å². The molecule has 1 aliphatic heterocycles. The highest BCUT2D eigenvalue weighted by Crippen LogP contribution is 2.31. The van der Waals surface area contributed by atoms with Gasteiger partial charge < -0.3 is 20.1 Å². The highest BCUT2D eigenvalue weighted by Gasteiger charge is 2.23. The van der Waals surface area contributed by atoms with Crippen molar-refractivity contribution in [3.05, 3.63) is 53.9 Å². The van der Waals surface area contributed by atoms with Crippen LogP contribution in [0.25, 0.3) is 0 Å². The van der Waals surface area contributed by atoms with Gasteiger partial charge in [-0.05, 0) is 61.7 Å². The van der Waals surface area contributed by atoms with E-state index < -0.39 is 0 Å². The van der Waals surface area contributed by atoms with Gasteiger partial charge in [0.15, 0.2) is 11.5 Å². The zero-order chi connectivity index (χ0) is 18.4. The first-order chi connectivity index (χ1) is 12.7. The van der Waals surface area contributed by atoms with E-state index in [0.29, 0.717) is 18.1 Å². The number of rotatable bonds is 7. The van der Waals surface area contributed by atoms with Crippen LogP contribution in [-0.2, 0) is 11.4 Å². The van der Waals surface area contributed by atoms with E-state index in [0.717, 1.165) is 30.5 Å². The number of carbonyl (C=O) groups excluding carboxylic acids is 1. The zero-order valence-electron chi connectivity index (χ0n) is 15.6. The molecule has 0 radical (unpaired) electrons. The molecular weight excluding hydrogens is 366 g/mol. The topological polar surface area (TPSA) is 72.5 Å². The van der Waals surface area contributed by atoms with Crippen molar-refractivity contribution in [2.75, 3.05) is 13.7 Å². The molecule has 0 bridgehead atoms. The fourth-order valence-electron chi connectivity index (χ4n) is 3.02. The molecule has 0 spiro atoms. The van der Waals surface area contributed by atoms with Gasteiger partial charge in [0.1, 0.15) is 6.61 Å². The molecule has 0 aliphatic carbocycles. The summed E-state index contributed by atoms with van der Waals surface area (Å²) in [5.41, 5.74) is 2.01. The summed E-state index contributed by atoms with van der Waals surface area (Å²) >= 11 is 0. The number of hydrogen-bond acceptors (Lipinski definition) is 5. The molecule has 1 aliphatic rings. The Labute approximate surface area is 166 Å². The van der Waals surface area contributed by atoms with E-state index in [-0.39, 0.29) is 30.4 Å². The minimum Gasteiger partial charge on any atom is -0.493 e. The lowest BCUT2D eigenvalue weighted by Crippen LogP contribution is -2.41. The lowest BCUT2D eigenvalue weighted by atomic mass is 10.1. The van der Waals surface area contributed by atoms with E-state index in [2.05, 4.69) is 15.6 Å². The third kappa shape index (κ3) is 5.58. The van der Waals surface area contributed by atoms with E-state index in [1.54, 1.807) is 19.5 Å². The monoisotopic (exact) mass is 391 g/mol. The second-order valence-corrected chi connectivity index (χ2v) is 6.43. The van der Waals surface area contributed by atoms with Crippen molar-refractivity contribution in [2.24, 2.45) is 0 Å². The van der Waals surface area contributed by atoms with Gasteiger partial charge in [-0.1, -0.05) is 6.07 Å². The molecule has 1 saturated heterocycles. The van der Waals surface area contributed by atoms with Gasteiger partial charge >= 0.3 is 0 Å². The molecule has 2 atom stereocenters. The van der Waals surface area contributed by atoms with Crippen molar-refractivity contribution in [2.45, 2.75) is 38.5 Å². The Bertz CT molecular complexity index is 737. The van der Waals surface area contributed by atoms with Crippen LogP contribution < -0.4 is 20.1 Å². The van der Waals surface area contributed by atoms with E-state index in [9.17, 15) is 4.79 Å². The van der Waals surface area contributed by atoms with E-state index in [1.165, 1.54) is 0 Å². The zero-order valence-corrected chi connectivity index (χ0v) is 16.4. The Morgan fingerprint density at radius 1 is 1.30 bits per heavy atom. The highest BCUT2D eigenvalue weighted by molar-refractivity contribution is 5.85. The fourth-order valence-corrected chi connectivity index (χ4v) is 3.02. The van der Waals surface area contributed by atoms with Crippen LogP contribution in [0, 0.1) is 0 Å². The van der Waals surface area contributed by atoms with Gasteiger partial charge in [-0.25, -0.2) is 0 Å². The highest BCUT2D eigenvalue weighted by atomic mass is 35.5. The van der Waals surface area contributed by atoms with Crippen molar-refractivity contribution in [1.29, 1.82) is 0 Å². The van der Waals surface area contributed by atoms with Gasteiger partial charge in [-0.15, -0.1) is 12.4 Å². The minimum atomic E-state index is -0.104. The Hall–Kier alpha value is -2.31. The summed E-state index contributed by atoms with van der Waals surface area (Å²) in [6, 6.07) is 9.39. The predicted octanol–water partition coefficient (Wildman–Crippen LogP) is 3.02. The fraction of sp³-hybridized carbons (Fsp3) is 0.400. The normalized spacial score (nSPS) is 16.9. The number of amides is 1. The molecule has 146 valence electrons. The summed E-state index contributed by atoms with van der Waals surface area (Å²) < 4.78 is 11.3. The molecule has 6 nitrogen and oxygen atoms in total. The van der Waals surface area contributed by atoms with Crippen LogP contribution in [0.3, 0.4) is 0 Å². The van der Waals surface area contributed by atoms with Gasteiger partial charge in [-0.2, -0.15) is 0 Å². The average molecular weight is 392 g/mol. The van der Waals surface area contributed by atoms with Crippen LogP contribution in [0.4, 0.5) is 0 Å². The quantitative estimate of drug-likeness (QED) is 0.759. The van der Waals surface area contributed by atoms with Crippen molar-refractivity contribution in [1.82, 2.24) is 15.6 Å². The SMILES string of the molecule is COc1cc(C(C)NC(=O)C2CCCN2)ccc1OCc1ccncc1.Cl. The van der Waals surface area contributed by atoms with Gasteiger partial charge in [0.05, 0.1) is 19.2 Å². The molecule has 1 fully saturated rings. The lowest BCUT2D eigenvalue weighted by Gasteiger charge is -2.19. The molecule has 1 amide bonds. The lowest BCUT2D eigenvalue weighted by molar-refractivity contribution is -0.123. The Kier molecular flexibility index (Phi) is 7.88. The summed E-state index contributed by atoms with van der Waals surface area (Å²) in [4.78, 5) is 16.3. The van der Waals surface area contributed by atoms with Crippen molar-refractivity contribution >= 4 is 18.3 Å². The number of pyridine rings is 1. The number of methoxy groups -OCH3 is 1. The molecular formula is C20H26ClN3O3. The molecule has 2 unspecified atom stereocenters. The number of aromatic nitrogens is 1. The first kappa shape index (κ1) is 21.0. The summed E-state index contributed by atoms with van der Waals surface area (Å²) in [6.07, 6.45) is 5.42. The Morgan fingerprint density at radius 3 is 2.74 bits per heavy atom. The molecule has 27 heavy (non-hydrogen) atoms. The van der Waals surface area contributed by atoms with Crippen molar-refractivity contribution < 1.29 is 14.3 Å². The summed E-state index contributed by atoms with van der Waals surface area (Å²) in [7, 11) is 1.62. The number of hydrogen-bond donors (Lipinski definition) is 2. The first-order valence-electron chi connectivity index (χ1n) is 8.91. The maximum absolute atomic E-state index is 12.3. The summed E-state index contributed by atoms with van der Waals surface area (Å²) in [5, 5.41) is 6.28. The molecule has 2 aromatic rings. The number of benzene rings is 1. The molecule has 1 aromatic heterocycles. The second kappa shape index (κ2) is 10.1. The number of nitrogens with zero attached hydrogens (tertiary/aromatic N) is 1. The summed E-state index contributed by atoms with van der Waals surface area (Å²) in [6.45, 7) is 3.32. The molecule has 3 rings (SSSR count). The third-order valence-electron chi connectivity index (χ3n) is 4.57. The molecule has 0 saturated carbocycles. The Balaban J connectivity index is 0.00000261. The predicted molar refractivity (Wildman–Crippen MR) is 106 cm³/mol. The van der Waals surface area contributed by atoms with Crippen LogP contribution in [-0.4, -0.2) is 30.6 Å². The van der Waals surface area contributed by atoms with Gasteiger partial charge in [0, 0.05) is 12.4 Å². The van der Waals surface area contributed by atoms with Crippen LogP contribution in [0.2, 0.25) is 0 Å². The largest absolute Gasteiger partial charge is 0.493 e. The maximum Gasteiger partial charge on any atom is 0.237 e. The van der Waals surface area contributed by atoms with Crippen molar-refractivity contribution in [3.63, 3.8) is 0 Å². The molecule has 2 heterocycles. The van der Waals surface area contributed by atoms with Crippen LogP contribution in [0.15, 0.2) is 42.7 Å². The number of carbonyl (C=O) groups is 1. The standard InChI is InChI=1S/C20H25N3O3.ClH/c1-14(23-20(24)17-4-3-9-22-17)16-5-6-18(19(12-16)25-2)26-13-15-7-10-21-11-8-15;/h5-8,10-12,14,17,22H,3-4,9,13H2,1-2H3,(H,23,24);1H. The van der Waals surface area contributed by atoms with Crippen LogP contribution in [0.1, 0.15) is 36.9 Å². The number of halogens is 1. The molecule has 7 heteroatoms. The smallest absolute Gasteiger partial charge is 0.237 e. The number of ether oxygens (including phenoxy) is 2. The molecule has 1 aromatic carbocycles. The van der Waals surface area contributed by atoms with Gasteiger partial charge in [0.25, 0.3) is 0 Å². The van der Waals surface area contributed by atoms with E-state index in [1.807, 2.05) is 37.3 Å². The second-order valence-electron chi connectivity index (χ2n) is 6.43. The molecule has 2 N–H and O–H groups in total. The first-order valence-corrected chi connectivity index (χ1v) is 8.91. The van der Waals surface area contributed by atoms with Crippen LogP contribution >= 0.6 is 12.4 Å². The van der Waals surface area contributed by atoms with Gasteiger partial charge in [0.2, 0.25) is 5.91 Å². The van der Waals surface area contributed by atoms with Crippen LogP contribution in [0.5, 0.6) is 11.5 Å². The summed E-state index contributed by atoms with van der Waals surface area (Å²) in [5.74, 6) is 1.37. The number of nitrogens with one attached hydrogen (secondary N) is 2. The van der Waals surface area contributed by atoms with Crippen molar-refractivity contribution in [3.8, 4) is 11.5 Å².